The maximum absolute atomic E-state index is 12.3. The summed E-state index contributed by atoms with van der Waals surface area (Å²) in [5, 5.41) is 3.31. The molecule has 170 valence electrons. The summed E-state index contributed by atoms with van der Waals surface area (Å²) in [6.07, 6.45) is -0.537. The number of thioether (sulfide) groups is 1. The molecule has 1 aliphatic heterocycles. The number of carbonyl (C=O) groups is 1. The number of morpholine rings is 1. The molecule has 0 aromatic carbocycles. The van der Waals surface area contributed by atoms with E-state index in [2.05, 4.69) is 20.2 Å². The second-order valence-corrected chi connectivity index (χ2v) is 9.06. The van der Waals surface area contributed by atoms with Gasteiger partial charge in [-0.15, -0.1) is 0 Å². The van der Waals surface area contributed by atoms with Gasteiger partial charge in [0.05, 0.1) is 24.6 Å². The lowest BCUT2D eigenvalue weighted by atomic mass is 10.2. The molecule has 0 radical (unpaired) electrons. The molecule has 31 heavy (non-hydrogen) atoms. The van der Waals surface area contributed by atoms with Crippen LogP contribution in [0.3, 0.4) is 0 Å². The number of hydrogen-bond donors (Lipinski definition) is 1. The van der Waals surface area contributed by atoms with Crippen molar-refractivity contribution >= 4 is 29.4 Å². The molecule has 0 spiro atoms. The molecule has 0 atom stereocenters. The highest BCUT2D eigenvalue weighted by atomic mass is 32.2. The minimum atomic E-state index is -0.590. The van der Waals surface area contributed by atoms with Crippen LogP contribution in [-0.2, 0) is 26.6 Å². The third-order valence-electron chi connectivity index (χ3n) is 4.36. The number of methoxy groups -OCH3 is 1. The summed E-state index contributed by atoms with van der Waals surface area (Å²) in [5.41, 5.74) is 1.99. The number of hydrogen-bond acceptors (Lipinski definition) is 9. The Morgan fingerprint density at radius 2 is 2.00 bits per heavy atom. The molecule has 3 rings (SSSR count). The van der Waals surface area contributed by atoms with E-state index in [9.17, 15) is 4.79 Å². The summed E-state index contributed by atoms with van der Waals surface area (Å²) in [6, 6.07) is 3.87. The van der Waals surface area contributed by atoms with Crippen molar-refractivity contribution in [3.63, 3.8) is 0 Å². The van der Waals surface area contributed by atoms with Crippen molar-refractivity contribution < 1.29 is 23.4 Å². The van der Waals surface area contributed by atoms with Crippen molar-refractivity contribution in [3.05, 3.63) is 29.3 Å². The number of anilines is 2. The number of nitrogens with one attached hydrogen (secondary N) is 1. The fourth-order valence-corrected chi connectivity index (χ4v) is 3.77. The molecule has 0 unspecified atom stereocenters. The van der Waals surface area contributed by atoms with Crippen LogP contribution in [0.25, 0.3) is 0 Å². The molecule has 1 fully saturated rings. The molecule has 3 heterocycles. The molecular weight excluding hydrogens is 420 g/mol. The van der Waals surface area contributed by atoms with Gasteiger partial charge in [0.25, 0.3) is 5.22 Å². The quantitative estimate of drug-likeness (QED) is 0.627. The van der Waals surface area contributed by atoms with E-state index in [1.807, 2.05) is 39.8 Å². The lowest BCUT2D eigenvalue weighted by Gasteiger charge is -2.29. The Morgan fingerprint density at radius 3 is 2.68 bits per heavy atom. The highest BCUT2D eigenvalue weighted by molar-refractivity contribution is 7.98. The van der Waals surface area contributed by atoms with Gasteiger partial charge in [0.15, 0.2) is 5.76 Å². The number of ether oxygens (including phenoxy) is 3. The summed E-state index contributed by atoms with van der Waals surface area (Å²) in [7, 11) is 1.62. The van der Waals surface area contributed by atoms with Gasteiger partial charge in [-0.25, -0.2) is 14.8 Å². The standard InChI is InChI=1S/C21H30N4O5S/c1-14-17(12-27-5)29-20(22-14)31-13-15-10-16(25-6-8-28-9-7-25)11-18(23-15)24-19(26)30-21(2,3)4/h10-11H,6-9,12-13H2,1-5H3,(H,23,24,26). The Morgan fingerprint density at radius 1 is 1.26 bits per heavy atom. The summed E-state index contributed by atoms with van der Waals surface area (Å²) < 4.78 is 21.7. The van der Waals surface area contributed by atoms with Crippen LogP contribution in [0.5, 0.6) is 0 Å². The van der Waals surface area contributed by atoms with Gasteiger partial charge in [-0.3, -0.25) is 5.32 Å². The molecule has 9 nitrogen and oxygen atoms in total. The van der Waals surface area contributed by atoms with Crippen molar-refractivity contribution in [1.82, 2.24) is 9.97 Å². The SMILES string of the molecule is COCc1oc(SCc2cc(N3CCOCC3)cc(NC(=O)OC(C)(C)C)n2)nc1C. The third-order valence-corrected chi connectivity index (χ3v) is 5.22. The van der Waals surface area contributed by atoms with Crippen molar-refractivity contribution in [2.24, 2.45) is 0 Å². The summed E-state index contributed by atoms with van der Waals surface area (Å²) in [6.45, 7) is 10.6. The van der Waals surface area contributed by atoms with Gasteiger partial charge in [0, 0.05) is 37.7 Å². The Kier molecular flexibility index (Phi) is 7.79. The number of rotatable bonds is 7. The van der Waals surface area contributed by atoms with E-state index in [1.165, 1.54) is 11.8 Å². The molecule has 1 saturated heterocycles. The molecular formula is C21H30N4O5S. The van der Waals surface area contributed by atoms with E-state index in [1.54, 1.807) is 7.11 Å². The molecule has 0 bridgehead atoms. The number of oxazole rings is 1. The van der Waals surface area contributed by atoms with Crippen LogP contribution in [0.2, 0.25) is 0 Å². The molecule has 1 aliphatic rings. The number of aromatic nitrogens is 2. The summed E-state index contributed by atoms with van der Waals surface area (Å²) in [4.78, 5) is 23.5. The fraction of sp³-hybridized carbons (Fsp3) is 0.571. The van der Waals surface area contributed by atoms with E-state index >= 15 is 0 Å². The highest BCUT2D eigenvalue weighted by Crippen LogP contribution is 2.28. The molecule has 1 N–H and O–H groups in total. The zero-order valence-electron chi connectivity index (χ0n) is 18.7. The third kappa shape index (κ3) is 7.12. The van der Waals surface area contributed by atoms with Gasteiger partial charge in [-0.2, -0.15) is 0 Å². The van der Waals surface area contributed by atoms with Gasteiger partial charge in [-0.1, -0.05) is 11.8 Å². The van der Waals surface area contributed by atoms with Gasteiger partial charge in [0.2, 0.25) is 0 Å². The van der Waals surface area contributed by atoms with Crippen LogP contribution in [0.4, 0.5) is 16.3 Å². The Hall–Kier alpha value is -2.30. The minimum absolute atomic E-state index is 0.383. The number of aryl methyl sites for hydroxylation is 1. The monoisotopic (exact) mass is 450 g/mol. The Balaban J connectivity index is 1.77. The number of nitrogens with zero attached hydrogens (tertiary/aromatic N) is 3. The summed E-state index contributed by atoms with van der Waals surface area (Å²) in [5.74, 6) is 1.69. The lowest BCUT2D eigenvalue weighted by Crippen LogP contribution is -2.36. The van der Waals surface area contributed by atoms with E-state index < -0.39 is 11.7 Å². The van der Waals surface area contributed by atoms with Crippen molar-refractivity contribution in [2.75, 3.05) is 43.6 Å². The molecule has 0 saturated carbocycles. The first-order valence-corrected chi connectivity index (χ1v) is 11.1. The largest absolute Gasteiger partial charge is 0.444 e. The zero-order chi connectivity index (χ0) is 22.4. The van der Waals surface area contributed by atoms with Crippen molar-refractivity contribution in [2.45, 2.75) is 50.9 Å². The Labute approximate surface area is 186 Å². The number of carbonyl (C=O) groups excluding carboxylic acids is 1. The van der Waals surface area contributed by atoms with Crippen molar-refractivity contribution in [1.29, 1.82) is 0 Å². The zero-order valence-corrected chi connectivity index (χ0v) is 19.5. The van der Waals surface area contributed by atoms with Crippen LogP contribution < -0.4 is 10.2 Å². The maximum Gasteiger partial charge on any atom is 0.413 e. The van der Waals surface area contributed by atoms with E-state index in [0.29, 0.717) is 42.4 Å². The van der Waals surface area contributed by atoms with Gasteiger partial charge < -0.3 is 23.5 Å². The second-order valence-electron chi connectivity index (χ2n) is 8.14. The van der Waals surface area contributed by atoms with E-state index in [4.69, 9.17) is 18.6 Å². The average molecular weight is 451 g/mol. The fourth-order valence-electron chi connectivity index (χ4n) is 2.99. The normalized spacial score (nSPS) is 14.5. The van der Waals surface area contributed by atoms with Crippen LogP contribution in [0, 0.1) is 6.92 Å². The maximum atomic E-state index is 12.3. The predicted octanol–water partition coefficient (Wildman–Crippen LogP) is 4.00. The number of amides is 1. The highest BCUT2D eigenvalue weighted by Gasteiger charge is 2.19. The van der Waals surface area contributed by atoms with Crippen LogP contribution >= 0.6 is 11.8 Å². The minimum Gasteiger partial charge on any atom is -0.444 e. The van der Waals surface area contributed by atoms with Crippen LogP contribution in [0.1, 0.15) is 37.9 Å². The van der Waals surface area contributed by atoms with E-state index in [-0.39, 0.29) is 0 Å². The van der Waals surface area contributed by atoms with E-state index in [0.717, 1.165) is 30.2 Å². The van der Waals surface area contributed by atoms with Crippen LogP contribution in [-0.4, -0.2) is 55.1 Å². The molecule has 10 heteroatoms. The number of pyridine rings is 1. The van der Waals surface area contributed by atoms with Gasteiger partial charge in [-0.05, 0) is 33.8 Å². The average Bonchev–Trinajstić information content (AvgIpc) is 3.05. The Bertz CT molecular complexity index is 890. The predicted molar refractivity (Wildman–Crippen MR) is 119 cm³/mol. The molecule has 0 aliphatic carbocycles. The second kappa shape index (κ2) is 10.3. The first-order chi connectivity index (χ1) is 14.7. The van der Waals surface area contributed by atoms with Crippen molar-refractivity contribution in [3.8, 4) is 0 Å². The topological polar surface area (TPSA) is 99.0 Å². The van der Waals surface area contributed by atoms with Crippen LogP contribution in [0.15, 0.2) is 21.8 Å². The first kappa shape index (κ1) is 23.4. The lowest BCUT2D eigenvalue weighted by molar-refractivity contribution is 0.0635. The molecule has 2 aromatic heterocycles. The molecule has 2 aromatic rings. The first-order valence-electron chi connectivity index (χ1n) is 10.1. The van der Waals surface area contributed by atoms with Gasteiger partial charge >= 0.3 is 6.09 Å². The smallest absolute Gasteiger partial charge is 0.413 e. The molecule has 1 amide bonds. The van der Waals surface area contributed by atoms with Gasteiger partial charge in [0.1, 0.15) is 18.0 Å². The summed E-state index contributed by atoms with van der Waals surface area (Å²) >= 11 is 1.44.